The van der Waals surface area contributed by atoms with Crippen LogP contribution in [0, 0.1) is 11.7 Å². The molecule has 1 unspecified atom stereocenters. The van der Waals surface area contributed by atoms with Crippen LogP contribution in [0.5, 0.6) is 5.75 Å². The zero-order valence-electron chi connectivity index (χ0n) is 16.8. The summed E-state index contributed by atoms with van der Waals surface area (Å²) in [7, 11) is 1.64. The molecule has 1 amide bonds. The van der Waals surface area contributed by atoms with E-state index in [4.69, 9.17) is 9.26 Å². The van der Waals surface area contributed by atoms with E-state index in [0.29, 0.717) is 42.5 Å². The molecule has 1 saturated carbocycles. The molecule has 1 aliphatic rings. The van der Waals surface area contributed by atoms with Gasteiger partial charge in [0.15, 0.2) is 0 Å². The van der Waals surface area contributed by atoms with E-state index in [9.17, 15) is 9.18 Å². The smallest absolute Gasteiger partial charge is 0.226 e. The van der Waals surface area contributed by atoms with Gasteiger partial charge < -0.3 is 14.6 Å². The van der Waals surface area contributed by atoms with Crippen molar-refractivity contribution in [3.63, 3.8) is 0 Å². The van der Waals surface area contributed by atoms with E-state index in [1.807, 2.05) is 24.3 Å². The highest BCUT2D eigenvalue weighted by atomic mass is 19.1. The number of aryl methyl sites for hydroxylation is 1. The quantitative estimate of drug-likeness (QED) is 0.564. The predicted octanol–water partition coefficient (Wildman–Crippen LogP) is 4.47. The lowest BCUT2D eigenvalue weighted by molar-refractivity contribution is -0.122. The lowest BCUT2D eigenvalue weighted by atomic mass is 10.0. The number of methoxy groups -OCH3 is 1. The number of hydrogen-bond donors (Lipinski definition) is 1. The fourth-order valence-corrected chi connectivity index (χ4v) is 3.43. The van der Waals surface area contributed by atoms with Crippen molar-refractivity contribution in [1.82, 2.24) is 15.5 Å². The first-order valence-corrected chi connectivity index (χ1v) is 10.1. The highest BCUT2D eigenvalue weighted by Crippen LogP contribution is 2.41. The first kappa shape index (κ1) is 20.1. The van der Waals surface area contributed by atoms with Crippen LogP contribution in [0.25, 0.3) is 11.4 Å². The molecular formula is C23H24FN3O3. The van der Waals surface area contributed by atoms with Crippen molar-refractivity contribution in [2.24, 2.45) is 5.92 Å². The molecular weight excluding hydrogens is 385 g/mol. The molecule has 0 bridgehead atoms. The lowest BCUT2D eigenvalue weighted by Gasteiger charge is -2.19. The molecule has 0 spiro atoms. The number of nitrogens with zero attached hydrogens (tertiary/aromatic N) is 2. The maximum Gasteiger partial charge on any atom is 0.226 e. The van der Waals surface area contributed by atoms with Gasteiger partial charge in [0.1, 0.15) is 11.6 Å². The molecule has 4 rings (SSSR count). The first-order chi connectivity index (χ1) is 14.6. The van der Waals surface area contributed by atoms with Crippen molar-refractivity contribution in [3.05, 3.63) is 65.8 Å². The van der Waals surface area contributed by atoms with Crippen molar-refractivity contribution in [2.75, 3.05) is 7.11 Å². The Kier molecular flexibility index (Phi) is 6.07. The molecule has 7 heteroatoms. The molecule has 156 valence electrons. The lowest BCUT2D eigenvalue weighted by Crippen LogP contribution is -2.29. The molecule has 6 nitrogen and oxygen atoms in total. The summed E-state index contributed by atoms with van der Waals surface area (Å²) in [6.45, 7) is 0. The number of aromatic nitrogens is 2. The average Bonchev–Trinajstić information content (AvgIpc) is 3.50. The predicted molar refractivity (Wildman–Crippen MR) is 109 cm³/mol. The summed E-state index contributed by atoms with van der Waals surface area (Å²) < 4.78 is 23.5. The van der Waals surface area contributed by atoms with Crippen molar-refractivity contribution < 1.29 is 18.4 Å². The minimum Gasteiger partial charge on any atom is -0.497 e. The van der Waals surface area contributed by atoms with Crippen molar-refractivity contribution >= 4 is 5.91 Å². The van der Waals surface area contributed by atoms with Gasteiger partial charge in [0.25, 0.3) is 0 Å². The number of nitrogens with one attached hydrogen (secondary N) is 1. The minimum atomic E-state index is -0.312. The van der Waals surface area contributed by atoms with Crippen LogP contribution in [-0.4, -0.2) is 23.2 Å². The Labute approximate surface area is 174 Å². The number of hydrogen-bond acceptors (Lipinski definition) is 5. The SMILES string of the molecule is COc1ccc(C(NC(=O)CCCc2nc(-c3ccc(F)cc3)no2)C2CC2)cc1. The van der Waals surface area contributed by atoms with E-state index < -0.39 is 0 Å². The van der Waals surface area contributed by atoms with E-state index in [1.54, 1.807) is 19.2 Å². The van der Waals surface area contributed by atoms with Crippen LogP contribution in [0.1, 0.15) is 43.2 Å². The molecule has 1 aliphatic carbocycles. The number of carbonyl (C=O) groups excluding carboxylic acids is 1. The molecule has 3 aromatic rings. The van der Waals surface area contributed by atoms with Crippen molar-refractivity contribution in [2.45, 2.75) is 38.1 Å². The fourth-order valence-electron chi connectivity index (χ4n) is 3.43. The maximum atomic E-state index is 13.0. The molecule has 1 heterocycles. The molecule has 0 aliphatic heterocycles. The summed E-state index contributed by atoms with van der Waals surface area (Å²) >= 11 is 0. The van der Waals surface area contributed by atoms with Crippen molar-refractivity contribution in [1.29, 1.82) is 0 Å². The zero-order valence-corrected chi connectivity index (χ0v) is 16.8. The Morgan fingerprint density at radius 2 is 1.93 bits per heavy atom. The second-order valence-electron chi connectivity index (χ2n) is 7.53. The Morgan fingerprint density at radius 3 is 2.60 bits per heavy atom. The van der Waals surface area contributed by atoms with Gasteiger partial charge in [-0.3, -0.25) is 4.79 Å². The van der Waals surface area contributed by atoms with Crippen LogP contribution < -0.4 is 10.1 Å². The van der Waals surface area contributed by atoms with Gasteiger partial charge in [-0.2, -0.15) is 4.98 Å². The van der Waals surface area contributed by atoms with Gasteiger partial charge in [-0.15, -0.1) is 0 Å². The molecule has 2 aromatic carbocycles. The van der Waals surface area contributed by atoms with Crippen LogP contribution in [0.2, 0.25) is 0 Å². The van der Waals surface area contributed by atoms with Gasteiger partial charge in [0, 0.05) is 18.4 Å². The third-order valence-electron chi connectivity index (χ3n) is 5.25. The Hall–Kier alpha value is -3.22. The van der Waals surface area contributed by atoms with Gasteiger partial charge in [0.2, 0.25) is 17.6 Å². The summed E-state index contributed by atoms with van der Waals surface area (Å²) in [6, 6.07) is 13.8. The number of amides is 1. The fraction of sp³-hybridized carbons (Fsp3) is 0.348. The highest BCUT2D eigenvalue weighted by Gasteiger charge is 2.33. The number of benzene rings is 2. The third-order valence-corrected chi connectivity index (χ3v) is 5.25. The second kappa shape index (κ2) is 9.07. The van der Waals surface area contributed by atoms with Crippen LogP contribution in [0.3, 0.4) is 0 Å². The number of carbonyl (C=O) groups is 1. The number of halogens is 1. The summed E-state index contributed by atoms with van der Waals surface area (Å²) in [5.41, 5.74) is 1.79. The third kappa shape index (κ3) is 5.03. The molecule has 0 saturated heterocycles. The summed E-state index contributed by atoms with van der Waals surface area (Å²) in [5, 5.41) is 7.10. The maximum absolute atomic E-state index is 13.0. The largest absolute Gasteiger partial charge is 0.497 e. The number of ether oxygens (including phenoxy) is 1. The Morgan fingerprint density at radius 1 is 1.20 bits per heavy atom. The van der Waals surface area contributed by atoms with Crippen LogP contribution >= 0.6 is 0 Å². The Bertz CT molecular complexity index is 982. The van der Waals surface area contributed by atoms with Crippen LogP contribution in [0.4, 0.5) is 4.39 Å². The van der Waals surface area contributed by atoms with Gasteiger partial charge >= 0.3 is 0 Å². The van der Waals surface area contributed by atoms with Gasteiger partial charge in [-0.25, -0.2) is 4.39 Å². The van der Waals surface area contributed by atoms with E-state index in [-0.39, 0.29) is 17.8 Å². The highest BCUT2D eigenvalue weighted by molar-refractivity contribution is 5.76. The standard InChI is InChI=1S/C23H24FN3O3/c1-29-19-13-9-16(10-14-19)22(15-5-6-15)25-20(28)3-2-4-21-26-23(27-30-21)17-7-11-18(24)12-8-17/h7-15,22H,2-6H2,1H3,(H,25,28). The molecule has 1 fully saturated rings. The van der Waals surface area contributed by atoms with Crippen molar-refractivity contribution in [3.8, 4) is 17.1 Å². The molecule has 1 N–H and O–H groups in total. The first-order valence-electron chi connectivity index (χ1n) is 10.1. The average molecular weight is 409 g/mol. The van der Waals surface area contributed by atoms with E-state index in [2.05, 4.69) is 15.5 Å². The van der Waals surface area contributed by atoms with Crippen LogP contribution in [-0.2, 0) is 11.2 Å². The zero-order chi connectivity index (χ0) is 20.9. The topological polar surface area (TPSA) is 77.2 Å². The molecule has 1 aromatic heterocycles. The molecule has 0 radical (unpaired) electrons. The van der Waals surface area contributed by atoms with Gasteiger partial charge in [-0.1, -0.05) is 17.3 Å². The Balaban J connectivity index is 1.28. The van der Waals surface area contributed by atoms with E-state index in [1.165, 1.54) is 12.1 Å². The van der Waals surface area contributed by atoms with E-state index >= 15 is 0 Å². The van der Waals surface area contributed by atoms with Crippen LogP contribution in [0.15, 0.2) is 53.1 Å². The van der Waals surface area contributed by atoms with E-state index in [0.717, 1.165) is 24.2 Å². The minimum absolute atomic E-state index is 0.0148. The second-order valence-corrected chi connectivity index (χ2v) is 7.53. The number of rotatable bonds is 9. The molecule has 1 atom stereocenters. The summed E-state index contributed by atoms with van der Waals surface area (Å²) in [4.78, 5) is 16.8. The van der Waals surface area contributed by atoms with Gasteiger partial charge in [-0.05, 0) is 67.1 Å². The summed E-state index contributed by atoms with van der Waals surface area (Å²) in [5.74, 6) is 1.89. The normalized spacial score (nSPS) is 14.3. The van der Waals surface area contributed by atoms with Gasteiger partial charge in [0.05, 0.1) is 13.2 Å². The summed E-state index contributed by atoms with van der Waals surface area (Å²) in [6.07, 6.45) is 3.76. The monoisotopic (exact) mass is 409 g/mol. The molecule has 30 heavy (non-hydrogen) atoms.